The van der Waals surface area contributed by atoms with Crippen LogP contribution in [-0.4, -0.2) is 31.2 Å². The van der Waals surface area contributed by atoms with Gasteiger partial charge in [0, 0.05) is 25.8 Å². The number of nitrogens with two attached hydrogens (primary N) is 1. The Hall–Kier alpha value is -1.91. The highest BCUT2D eigenvalue weighted by Crippen LogP contribution is 2.36. The van der Waals surface area contributed by atoms with E-state index in [0.717, 1.165) is 0 Å². The van der Waals surface area contributed by atoms with Crippen molar-refractivity contribution in [2.45, 2.75) is 6.29 Å². The number of ether oxygens (including phenoxy) is 2. The van der Waals surface area contributed by atoms with E-state index < -0.39 is 6.29 Å². The number of benzene rings is 1. The van der Waals surface area contributed by atoms with Crippen molar-refractivity contribution in [2.75, 3.05) is 19.8 Å². The molecule has 0 aliphatic carbocycles. The molecule has 5 heteroatoms. The second-order valence-corrected chi connectivity index (χ2v) is 3.51. The van der Waals surface area contributed by atoms with Crippen LogP contribution < -0.4 is 15.2 Å². The van der Waals surface area contributed by atoms with Crippen LogP contribution in [-0.2, 0) is 4.79 Å². The fourth-order valence-corrected chi connectivity index (χ4v) is 1.28. The molecule has 2 rings (SSSR count). The number of anilines is 1. The molecule has 80 valence electrons. The highest BCUT2D eigenvalue weighted by Gasteiger charge is 2.31. The Kier molecular flexibility index (Phi) is 2.15. The number of nitrogens with zero attached hydrogens (tertiary/aromatic N) is 1. The van der Waals surface area contributed by atoms with Crippen molar-refractivity contribution in [3.63, 3.8) is 0 Å². The number of hydrogen-bond donors (Lipinski definition) is 1. The molecule has 1 aromatic carbocycles. The summed E-state index contributed by atoms with van der Waals surface area (Å²) in [5.74, 6) is 0.823. The molecule has 1 unspecified atom stereocenters. The zero-order valence-corrected chi connectivity index (χ0v) is 8.56. The van der Waals surface area contributed by atoms with Crippen LogP contribution in [0.25, 0.3) is 0 Å². The summed E-state index contributed by atoms with van der Waals surface area (Å²) in [5, 5.41) is 0. The molecule has 0 saturated heterocycles. The van der Waals surface area contributed by atoms with Crippen LogP contribution in [0.1, 0.15) is 0 Å². The van der Waals surface area contributed by atoms with E-state index in [-0.39, 0.29) is 5.91 Å². The van der Waals surface area contributed by atoms with Gasteiger partial charge >= 0.3 is 12.2 Å². The quantitative estimate of drug-likeness (QED) is 0.681. The molecule has 1 aromatic rings. The van der Waals surface area contributed by atoms with E-state index in [1.807, 2.05) is 0 Å². The third-order valence-electron chi connectivity index (χ3n) is 2.08. The Morgan fingerprint density at radius 3 is 2.67 bits per heavy atom. The van der Waals surface area contributed by atoms with Gasteiger partial charge in [-0.05, 0) is 12.1 Å². The molecule has 1 heterocycles. The highest BCUT2D eigenvalue weighted by molar-refractivity contribution is 5.80. The maximum Gasteiger partial charge on any atom is 0.321 e. The largest absolute Gasteiger partial charge is 0.442 e. The van der Waals surface area contributed by atoms with E-state index in [1.165, 1.54) is 4.90 Å². The van der Waals surface area contributed by atoms with Crippen molar-refractivity contribution in [3.8, 4) is 11.5 Å². The monoisotopic (exact) mass is 208 g/mol. The molecular weight excluding hydrogens is 196 g/mol. The van der Waals surface area contributed by atoms with Crippen molar-refractivity contribution >= 4 is 11.6 Å². The number of hydrogen-bond acceptors (Lipinski definition) is 4. The molecule has 1 atom stereocenters. The molecule has 0 bridgehead atoms. The number of fused-ring (bicyclic) bond motifs is 1. The fourth-order valence-electron chi connectivity index (χ4n) is 1.28. The van der Waals surface area contributed by atoms with Crippen molar-refractivity contribution in [1.82, 2.24) is 4.90 Å². The van der Waals surface area contributed by atoms with Crippen molar-refractivity contribution in [1.29, 1.82) is 0 Å². The lowest BCUT2D eigenvalue weighted by Gasteiger charge is -2.14. The molecule has 1 aliphatic rings. The third kappa shape index (κ3) is 1.68. The Morgan fingerprint density at radius 2 is 2.00 bits per heavy atom. The Bertz CT molecular complexity index is 404. The van der Waals surface area contributed by atoms with Gasteiger partial charge in [0.25, 0.3) is 0 Å². The average molecular weight is 208 g/mol. The lowest BCUT2D eigenvalue weighted by Crippen LogP contribution is -2.38. The van der Waals surface area contributed by atoms with Gasteiger partial charge in [0.2, 0.25) is 0 Å². The van der Waals surface area contributed by atoms with Crippen molar-refractivity contribution < 1.29 is 14.3 Å². The van der Waals surface area contributed by atoms with E-state index in [2.05, 4.69) is 0 Å². The second-order valence-electron chi connectivity index (χ2n) is 3.51. The first-order valence-corrected chi connectivity index (χ1v) is 4.52. The van der Waals surface area contributed by atoms with Gasteiger partial charge in [-0.3, -0.25) is 4.79 Å². The summed E-state index contributed by atoms with van der Waals surface area (Å²) in [4.78, 5) is 13.0. The van der Waals surface area contributed by atoms with Crippen LogP contribution in [0.2, 0.25) is 0 Å². The molecule has 15 heavy (non-hydrogen) atoms. The average Bonchev–Trinajstić information content (AvgIpc) is 2.58. The van der Waals surface area contributed by atoms with Crippen LogP contribution in [0, 0.1) is 0 Å². The zero-order chi connectivity index (χ0) is 11.0. The first kappa shape index (κ1) is 9.64. The molecular formula is C10H12N2O3. The smallest absolute Gasteiger partial charge is 0.321 e. The predicted molar refractivity (Wildman–Crippen MR) is 54.6 cm³/mol. The molecule has 1 aliphatic heterocycles. The number of nitrogen functional groups attached to an aromatic ring is 1. The SMILES string of the molecule is CN(C)C(=O)C1Oc2ccc(N)cc2O1. The van der Waals surface area contributed by atoms with Crippen LogP contribution in [0.4, 0.5) is 5.69 Å². The summed E-state index contributed by atoms with van der Waals surface area (Å²) >= 11 is 0. The van der Waals surface area contributed by atoms with Gasteiger partial charge in [-0.15, -0.1) is 0 Å². The lowest BCUT2D eigenvalue weighted by atomic mass is 10.3. The Labute approximate surface area is 87.4 Å². The van der Waals surface area contributed by atoms with Gasteiger partial charge < -0.3 is 20.1 Å². The summed E-state index contributed by atoms with van der Waals surface area (Å²) < 4.78 is 10.6. The summed E-state index contributed by atoms with van der Waals surface area (Å²) in [6, 6.07) is 5.02. The molecule has 5 nitrogen and oxygen atoms in total. The molecule has 2 N–H and O–H groups in total. The Balaban J connectivity index is 2.19. The summed E-state index contributed by atoms with van der Waals surface area (Å²) in [5.41, 5.74) is 6.16. The zero-order valence-electron chi connectivity index (χ0n) is 8.56. The molecule has 0 saturated carbocycles. The minimum Gasteiger partial charge on any atom is -0.442 e. The maximum atomic E-state index is 11.5. The van der Waals surface area contributed by atoms with Crippen molar-refractivity contribution in [2.24, 2.45) is 0 Å². The van der Waals surface area contributed by atoms with E-state index in [4.69, 9.17) is 15.2 Å². The van der Waals surface area contributed by atoms with Gasteiger partial charge in [-0.25, -0.2) is 0 Å². The minimum atomic E-state index is -0.892. The topological polar surface area (TPSA) is 64.8 Å². The fraction of sp³-hybridized carbons (Fsp3) is 0.300. The van der Waals surface area contributed by atoms with Crippen LogP contribution in [0.5, 0.6) is 11.5 Å². The summed E-state index contributed by atoms with van der Waals surface area (Å²) in [7, 11) is 3.29. The molecule has 0 radical (unpaired) electrons. The Morgan fingerprint density at radius 1 is 1.33 bits per heavy atom. The van der Waals surface area contributed by atoms with Crippen LogP contribution in [0.15, 0.2) is 18.2 Å². The number of likely N-dealkylation sites (N-methyl/N-ethyl adjacent to an activating group) is 1. The summed E-state index contributed by atoms with van der Waals surface area (Å²) in [6.45, 7) is 0. The number of carbonyl (C=O) groups excluding carboxylic acids is 1. The standard InChI is InChI=1S/C10H12N2O3/c1-12(2)9(13)10-14-7-4-3-6(11)5-8(7)15-10/h3-5,10H,11H2,1-2H3. The van der Waals surface area contributed by atoms with E-state index in [9.17, 15) is 4.79 Å². The number of amides is 1. The molecule has 0 aromatic heterocycles. The van der Waals surface area contributed by atoms with Crippen molar-refractivity contribution in [3.05, 3.63) is 18.2 Å². The minimum absolute atomic E-state index is 0.232. The lowest BCUT2D eigenvalue weighted by molar-refractivity contribution is -0.145. The van der Waals surface area contributed by atoms with Gasteiger partial charge in [-0.1, -0.05) is 0 Å². The maximum absolute atomic E-state index is 11.5. The first-order valence-electron chi connectivity index (χ1n) is 4.52. The van der Waals surface area contributed by atoms with Gasteiger partial charge in [0.05, 0.1) is 0 Å². The second kappa shape index (κ2) is 3.34. The van der Waals surface area contributed by atoms with E-state index in [1.54, 1.807) is 32.3 Å². The van der Waals surface area contributed by atoms with E-state index >= 15 is 0 Å². The number of carbonyl (C=O) groups is 1. The molecule has 0 spiro atoms. The van der Waals surface area contributed by atoms with Crippen LogP contribution >= 0.6 is 0 Å². The normalized spacial score (nSPS) is 17.6. The highest BCUT2D eigenvalue weighted by atomic mass is 16.7. The van der Waals surface area contributed by atoms with Crippen LogP contribution in [0.3, 0.4) is 0 Å². The first-order chi connectivity index (χ1) is 7.08. The molecule has 0 fully saturated rings. The number of rotatable bonds is 1. The predicted octanol–water partition coefficient (Wildman–Crippen LogP) is 0.454. The van der Waals surface area contributed by atoms with E-state index in [0.29, 0.717) is 17.2 Å². The third-order valence-corrected chi connectivity index (χ3v) is 2.08. The summed E-state index contributed by atoms with van der Waals surface area (Å²) in [6.07, 6.45) is -0.892. The van der Waals surface area contributed by atoms with Gasteiger partial charge in [0.15, 0.2) is 11.5 Å². The van der Waals surface area contributed by atoms with Gasteiger partial charge in [-0.2, -0.15) is 0 Å². The van der Waals surface area contributed by atoms with Gasteiger partial charge in [0.1, 0.15) is 0 Å². The molecule has 1 amide bonds.